The third-order valence-corrected chi connectivity index (χ3v) is 3.99. The summed E-state index contributed by atoms with van der Waals surface area (Å²) in [6.45, 7) is 9.33. The molecular formula is C21H27N3O5. The number of esters is 1. The third-order valence-electron chi connectivity index (χ3n) is 3.99. The molecule has 8 heteroatoms. The van der Waals surface area contributed by atoms with Crippen molar-refractivity contribution in [1.29, 1.82) is 0 Å². The highest BCUT2D eigenvalue weighted by Gasteiger charge is 2.16. The van der Waals surface area contributed by atoms with Crippen LogP contribution in [-0.2, 0) is 20.9 Å². The Bertz CT molecular complexity index is 902. The molecule has 0 radical (unpaired) electrons. The second kappa shape index (κ2) is 9.27. The van der Waals surface area contributed by atoms with Crippen LogP contribution in [-0.4, -0.2) is 34.6 Å². The summed E-state index contributed by atoms with van der Waals surface area (Å²) in [5.41, 5.74) is 2.38. The summed E-state index contributed by atoms with van der Waals surface area (Å²) in [4.78, 5) is 35.2. The number of aromatic nitrogens is 1. The van der Waals surface area contributed by atoms with E-state index in [0.29, 0.717) is 6.54 Å². The lowest BCUT2D eigenvalue weighted by molar-refractivity contribution is -0.143. The molecule has 0 spiro atoms. The molecule has 156 valence electrons. The molecule has 2 N–H and O–H groups in total. The number of hydrogen-bond donors (Lipinski definition) is 2. The SMILES string of the molecule is Cc1cc(/C=C/C(=O)OCC(=O)NC(=O)NC(C)(C)C)c(C)n1Cc1ccco1. The lowest BCUT2D eigenvalue weighted by Gasteiger charge is -2.20. The number of nitrogens with one attached hydrogen (secondary N) is 2. The Labute approximate surface area is 169 Å². The number of urea groups is 1. The summed E-state index contributed by atoms with van der Waals surface area (Å²) in [5, 5.41) is 4.68. The van der Waals surface area contributed by atoms with Gasteiger partial charge < -0.3 is 19.0 Å². The van der Waals surface area contributed by atoms with Crippen LogP contribution in [0.25, 0.3) is 6.08 Å². The number of imide groups is 1. The quantitative estimate of drug-likeness (QED) is 0.572. The Hall–Kier alpha value is -3.29. The molecule has 0 aliphatic rings. The van der Waals surface area contributed by atoms with Gasteiger partial charge in [0.05, 0.1) is 12.8 Å². The van der Waals surface area contributed by atoms with E-state index < -0.39 is 30.1 Å². The van der Waals surface area contributed by atoms with Gasteiger partial charge in [0.1, 0.15) is 5.76 Å². The molecule has 0 fully saturated rings. The lowest BCUT2D eigenvalue weighted by atomic mass is 10.1. The van der Waals surface area contributed by atoms with E-state index in [1.807, 2.05) is 32.0 Å². The molecule has 0 aliphatic heterocycles. The predicted molar refractivity (Wildman–Crippen MR) is 108 cm³/mol. The van der Waals surface area contributed by atoms with Crippen molar-refractivity contribution in [2.24, 2.45) is 0 Å². The van der Waals surface area contributed by atoms with E-state index in [4.69, 9.17) is 9.15 Å². The van der Waals surface area contributed by atoms with Crippen molar-refractivity contribution in [2.75, 3.05) is 6.61 Å². The third kappa shape index (κ3) is 6.99. The minimum absolute atomic E-state index is 0.479. The van der Waals surface area contributed by atoms with Crippen molar-refractivity contribution < 1.29 is 23.5 Å². The number of carbonyl (C=O) groups excluding carboxylic acids is 3. The van der Waals surface area contributed by atoms with Gasteiger partial charge in [0.2, 0.25) is 0 Å². The van der Waals surface area contributed by atoms with Gasteiger partial charge in [0.15, 0.2) is 6.61 Å². The second-order valence-electron chi connectivity index (χ2n) is 7.69. The molecule has 2 rings (SSSR count). The molecule has 0 saturated carbocycles. The first-order valence-corrected chi connectivity index (χ1v) is 9.21. The number of carbonyl (C=O) groups is 3. The fraction of sp³-hybridized carbons (Fsp3) is 0.381. The van der Waals surface area contributed by atoms with Crippen molar-refractivity contribution in [3.05, 3.63) is 53.2 Å². The normalized spacial score (nSPS) is 11.5. The largest absolute Gasteiger partial charge is 0.467 e. The van der Waals surface area contributed by atoms with Crippen LogP contribution in [0.1, 0.15) is 43.5 Å². The number of nitrogens with zero attached hydrogens (tertiary/aromatic N) is 1. The molecule has 3 amide bonds. The van der Waals surface area contributed by atoms with Gasteiger partial charge >= 0.3 is 12.0 Å². The van der Waals surface area contributed by atoms with E-state index in [1.165, 1.54) is 6.08 Å². The summed E-state index contributed by atoms with van der Waals surface area (Å²) < 4.78 is 12.3. The van der Waals surface area contributed by atoms with Crippen molar-refractivity contribution in [3.8, 4) is 0 Å². The summed E-state index contributed by atoms with van der Waals surface area (Å²) >= 11 is 0. The predicted octanol–water partition coefficient (Wildman–Crippen LogP) is 2.93. The first-order chi connectivity index (χ1) is 13.5. The van der Waals surface area contributed by atoms with Crippen molar-refractivity contribution >= 4 is 24.0 Å². The summed E-state index contributed by atoms with van der Waals surface area (Å²) in [6.07, 6.45) is 4.51. The highest BCUT2D eigenvalue weighted by atomic mass is 16.5. The minimum Gasteiger partial charge on any atom is -0.467 e. The van der Waals surface area contributed by atoms with Crippen molar-refractivity contribution in [3.63, 3.8) is 0 Å². The first-order valence-electron chi connectivity index (χ1n) is 9.21. The maximum absolute atomic E-state index is 11.9. The number of ether oxygens (including phenoxy) is 1. The molecule has 0 unspecified atom stereocenters. The zero-order chi connectivity index (χ0) is 21.6. The Kier molecular flexibility index (Phi) is 7.03. The van der Waals surface area contributed by atoms with Gasteiger partial charge in [0.25, 0.3) is 5.91 Å². The maximum atomic E-state index is 11.9. The molecule has 0 bridgehead atoms. The van der Waals surface area contributed by atoms with Gasteiger partial charge in [-0.3, -0.25) is 10.1 Å². The van der Waals surface area contributed by atoms with Crippen molar-refractivity contribution in [1.82, 2.24) is 15.2 Å². The Morgan fingerprint density at radius 2 is 1.97 bits per heavy atom. The molecule has 2 aromatic rings. The van der Waals surface area contributed by atoms with Crippen LogP contribution in [0.3, 0.4) is 0 Å². The number of furan rings is 1. The van der Waals surface area contributed by atoms with Crippen LogP contribution < -0.4 is 10.6 Å². The van der Waals surface area contributed by atoms with Gasteiger partial charge in [-0.2, -0.15) is 0 Å². The maximum Gasteiger partial charge on any atom is 0.331 e. The Morgan fingerprint density at radius 1 is 1.24 bits per heavy atom. The number of aryl methyl sites for hydroxylation is 1. The number of amides is 3. The van der Waals surface area contributed by atoms with Crippen LogP contribution in [0, 0.1) is 13.8 Å². The van der Waals surface area contributed by atoms with Crippen LogP contribution >= 0.6 is 0 Å². The van der Waals surface area contributed by atoms with Crippen LogP contribution in [0.2, 0.25) is 0 Å². The molecule has 0 aliphatic carbocycles. The van der Waals surface area contributed by atoms with Gasteiger partial charge in [0, 0.05) is 23.0 Å². The van der Waals surface area contributed by atoms with Crippen LogP contribution in [0.5, 0.6) is 0 Å². The van der Waals surface area contributed by atoms with E-state index in [9.17, 15) is 14.4 Å². The highest BCUT2D eigenvalue weighted by Crippen LogP contribution is 2.18. The van der Waals surface area contributed by atoms with Gasteiger partial charge in [-0.05, 0) is 64.5 Å². The fourth-order valence-electron chi connectivity index (χ4n) is 2.68. The average Bonchev–Trinajstić information content (AvgIpc) is 3.20. The highest BCUT2D eigenvalue weighted by molar-refractivity contribution is 5.96. The van der Waals surface area contributed by atoms with E-state index in [-0.39, 0.29) is 0 Å². The smallest absolute Gasteiger partial charge is 0.331 e. The first kappa shape index (κ1) is 22.0. The molecule has 8 nitrogen and oxygen atoms in total. The van der Waals surface area contributed by atoms with Gasteiger partial charge in [-0.15, -0.1) is 0 Å². The molecule has 0 atom stereocenters. The molecule has 2 aromatic heterocycles. The van der Waals surface area contributed by atoms with Crippen LogP contribution in [0.15, 0.2) is 35.0 Å². The van der Waals surface area contributed by atoms with E-state index >= 15 is 0 Å². The molecule has 2 heterocycles. The summed E-state index contributed by atoms with van der Waals surface area (Å²) in [7, 11) is 0. The molecule has 0 saturated heterocycles. The van der Waals surface area contributed by atoms with E-state index in [2.05, 4.69) is 15.2 Å². The Morgan fingerprint density at radius 3 is 2.59 bits per heavy atom. The molecule has 29 heavy (non-hydrogen) atoms. The summed E-state index contributed by atoms with van der Waals surface area (Å²) in [6, 6.07) is 5.05. The zero-order valence-electron chi connectivity index (χ0n) is 17.4. The van der Waals surface area contributed by atoms with E-state index in [0.717, 1.165) is 22.7 Å². The van der Waals surface area contributed by atoms with Gasteiger partial charge in [-0.1, -0.05) is 0 Å². The number of hydrogen-bond acceptors (Lipinski definition) is 5. The Balaban J connectivity index is 1.87. The standard InChI is InChI=1S/C21H27N3O5/c1-14-11-16(15(2)24(14)12-17-7-6-10-28-17)8-9-19(26)29-13-18(25)22-20(27)23-21(3,4)5/h6-11H,12-13H2,1-5H3,(H2,22,23,25,27)/b9-8+. The van der Waals surface area contributed by atoms with E-state index in [1.54, 1.807) is 33.1 Å². The van der Waals surface area contributed by atoms with Crippen molar-refractivity contribution in [2.45, 2.75) is 46.7 Å². The molecular weight excluding hydrogens is 374 g/mol. The lowest BCUT2D eigenvalue weighted by Crippen LogP contribution is -2.49. The minimum atomic E-state index is -0.704. The second-order valence-corrected chi connectivity index (χ2v) is 7.69. The fourth-order valence-corrected chi connectivity index (χ4v) is 2.68. The van der Waals surface area contributed by atoms with Crippen LogP contribution in [0.4, 0.5) is 4.79 Å². The monoisotopic (exact) mass is 401 g/mol. The topological polar surface area (TPSA) is 103 Å². The van der Waals surface area contributed by atoms with Gasteiger partial charge in [-0.25, -0.2) is 9.59 Å². The average molecular weight is 401 g/mol. The zero-order valence-corrected chi connectivity index (χ0v) is 17.4. The number of rotatable bonds is 6. The molecule has 0 aromatic carbocycles. The summed E-state index contributed by atoms with van der Waals surface area (Å²) in [5.74, 6) is -0.541.